The summed E-state index contributed by atoms with van der Waals surface area (Å²) in [5.74, 6) is 0.168. The highest BCUT2D eigenvalue weighted by atomic mass is 32.2. The Morgan fingerprint density at radius 3 is 2.58 bits per heavy atom. The molecule has 1 unspecified atom stereocenters. The van der Waals surface area contributed by atoms with Crippen molar-refractivity contribution < 1.29 is 4.79 Å². The van der Waals surface area contributed by atoms with E-state index >= 15 is 0 Å². The Balaban J connectivity index is 2.12. The molecule has 0 aliphatic rings. The quantitative estimate of drug-likeness (QED) is 0.616. The van der Waals surface area contributed by atoms with E-state index < -0.39 is 0 Å². The first-order chi connectivity index (χ1) is 8.97. The van der Waals surface area contributed by atoms with E-state index in [1.807, 2.05) is 44.4 Å². The molecule has 0 radical (unpaired) electrons. The zero-order valence-electron chi connectivity index (χ0n) is 11.6. The SMILES string of the molecule is Cc1csc(SC(C)C(=O)c2ccc(C)c(C)c2)n1. The first kappa shape index (κ1) is 14.3. The van der Waals surface area contributed by atoms with Gasteiger partial charge in [-0.3, -0.25) is 4.79 Å². The molecule has 0 N–H and O–H groups in total. The molecule has 0 saturated heterocycles. The van der Waals surface area contributed by atoms with E-state index in [0.717, 1.165) is 21.2 Å². The van der Waals surface area contributed by atoms with Gasteiger partial charge in [0.2, 0.25) is 0 Å². The first-order valence-corrected chi connectivity index (χ1v) is 7.93. The highest BCUT2D eigenvalue weighted by Crippen LogP contribution is 2.28. The predicted molar refractivity (Wildman–Crippen MR) is 82.4 cm³/mol. The molecule has 1 heterocycles. The van der Waals surface area contributed by atoms with Gasteiger partial charge < -0.3 is 0 Å². The monoisotopic (exact) mass is 291 g/mol. The van der Waals surface area contributed by atoms with E-state index in [2.05, 4.69) is 11.9 Å². The number of aromatic nitrogens is 1. The number of benzene rings is 1. The molecule has 0 saturated carbocycles. The number of ketones is 1. The maximum absolute atomic E-state index is 12.4. The van der Waals surface area contributed by atoms with Crippen LogP contribution in [0, 0.1) is 20.8 Å². The topological polar surface area (TPSA) is 30.0 Å². The van der Waals surface area contributed by atoms with Crippen LogP contribution in [0.5, 0.6) is 0 Å². The van der Waals surface area contributed by atoms with Crippen molar-refractivity contribution in [2.75, 3.05) is 0 Å². The van der Waals surface area contributed by atoms with Crippen LogP contribution >= 0.6 is 23.1 Å². The molecule has 1 aromatic heterocycles. The maximum atomic E-state index is 12.4. The number of carbonyl (C=O) groups is 1. The molecule has 100 valence electrons. The van der Waals surface area contributed by atoms with E-state index in [4.69, 9.17) is 0 Å². The van der Waals surface area contributed by atoms with Crippen molar-refractivity contribution in [3.05, 3.63) is 46.0 Å². The molecule has 0 aliphatic heterocycles. The van der Waals surface area contributed by atoms with Crippen LogP contribution in [-0.2, 0) is 0 Å². The third-order valence-corrected chi connectivity index (χ3v) is 5.23. The van der Waals surface area contributed by atoms with E-state index in [1.54, 1.807) is 11.3 Å². The number of thioether (sulfide) groups is 1. The molecule has 0 bridgehead atoms. The number of thiazole rings is 1. The van der Waals surface area contributed by atoms with Crippen molar-refractivity contribution in [3.8, 4) is 0 Å². The van der Waals surface area contributed by atoms with E-state index in [-0.39, 0.29) is 11.0 Å². The fraction of sp³-hybridized carbons (Fsp3) is 0.333. The van der Waals surface area contributed by atoms with E-state index in [9.17, 15) is 4.79 Å². The summed E-state index contributed by atoms with van der Waals surface area (Å²) in [5.41, 5.74) is 4.18. The normalized spacial score (nSPS) is 12.4. The minimum atomic E-state index is -0.104. The third kappa shape index (κ3) is 3.45. The molecule has 0 amide bonds. The summed E-state index contributed by atoms with van der Waals surface area (Å²) >= 11 is 3.13. The molecular weight excluding hydrogens is 274 g/mol. The van der Waals surface area contributed by atoms with Crippen molar-refractivity contribution in [2.45, 2.75) is 37.3 Å². The molecule has 4 heteroatoms. The van der Waals surface area contributed by atoms with Crippen molar-refractivity contribution >= 4 is 28.9 Å². The van der Waals surface area contributed by atoms with E-state index in [1.165, 1.54) is 17.3 Å². The van der Waals surface area contributed by atoms with E-state index in [0.29, 0.717) is 0 Å². The Hall–Kier alpha value is -1.13. The number of carbonyl (C=O) groups excluding carboxylic acids is 1. The molecule has 0 spiro atoms. The highest BCUT2D eigenvalue weighted by Gasteiger charge is 2.18. The van der Waals surface area contributed by atoms with Gasteiger partial charge in [-0.15, -0.1) is 11.3 Å². The number of rotatable bonds is 4. The van der Waals surface area contributed by atoms with Crippen LogP contribution in [0.25, 0.3) is 0 Å². The van der Waals surface area contributed by atoms with Crippen molar-refractivity contribution in [1.29, 1.82) is 0 Å². The number of nitrogens with zero attached hydrogens (tertiary/aromatic N) is 1. The van der Waals surface area contributed by atoms with Gasteiger partial charge in [-0.2, -0.15) is 0 Å². The van der Waals surface area contributed by atoms with Gasteiger partial charge in [0, 0.05) is 16.6 Å². The van der Waals surface area contributed by atoms with Crippen LogP contribution < -0.4 is 0 Å². The minimum absolute atomic E-state index is 0.104. The second-order valence-electron chi connectivity index (χ2n) is 4.68. The average Bonchev–Trinajstić information content (AvgIpc) is 2.77. The van der Waals surface area contributed by atoms with Crippen LogP contribution in [0.2, 0.25) is 0 Å². The van der Waals surface area contributed by atoms with Crippen LogP contribution in [0.4, 0.5) is 0 Å². The standard InChI is InChI=1S/C15H17NOS2/c1-9-5-6-13(7-10(9)2)14(17)12(4)19-15-16-11(3)8-18-15/h5-8,12H,1-4H3. The fourth-order valence-corrected chi connectivity index (χ4v) is 3.78. The summed E-state index contributed by atoms with van der Waals surface area (Å²) in [6.45, 7) is 8.00. The highest BCUT2D eigenvalue weighted by molar-refractivity contribution is 8.02. The largest absolute Gasteiger partial charge is 0.293 e. The smallest absolute Gasteiger partial charge is 0.175 e. The molecule has 2 nitrogen and oxygen atoms in total. The average molecular weight is 291 g/mol. The fourth-order valence-electron chi connectivity index (χ4n) is 1.72. The molecular formula is C15H17NOS2. The first-order valence-electron chi connectivity index (χ1n) is 6.17. The Morgan fingerprint density at radius 1 is 1.26 bits per heavy atom. The lowest BCUT2D eigenvalue weighted by Gasteiger charge is -2.09. The third-order valence-electron chi connectivity index (χ3n) is 3.04. The zero-order chi connectivity index (χ0) is 14.0. The van der Waals surface area contributed by atoms with Gasteiger partial charge in [0.25, 0.3) is 0 Å². The second-order valence-corrected chi connectivity index (χ2v) is 7.12. The zero-order valence-corrected chi connectivity index (χ0v) is 13.2. The second kappa shape index (κ2) is 5.88. The Labute approximate surface area is 122 Å². The lowest BCUT2D eigenvalue weighted by molar-refractivity contribution is 0.0994. The van der Waals surface area contributed by atoms with Gasteiger partial charge in [-0.1, -0.05) is 23.9 Å². The van der Waals surface area contributed by atoms with Crippen molar-refractivity contribution in [1.82, 2.24) is 4.98 Å². The molecule has 0 aliphatic carbocycles. The lowest BCUT2D eigenvalue weighted by Crippen LogP contribution is -2.13. The Morgan fingerprint density at radius 2 is 2.00 bits per heavy atom. The summed E-state index contributed by atoms with van der Waals surface area (Å²) in [5, 5.41) is 1.91. The number of Topliss-reactive ketones (excluding diaryl/α,β-unsaturated/α-hetero) is 1. The lowest BCUT2D eigenvalue weighted by atomic mass is 10.0. The minimum Gasteiger partial charge on any atom is -0.293 e. The summed E-state index contributed by atoms with van der Waals surface area (Å²) in [4.78, 5) is 16.8. The molecule has 0 fully saturated rings. The molecule has 1 aromatic carbocycles. The van der Waals surface area contributed by atoms with Crippen molar-refractivity contribution in [3.63, 3.8) is 0 Å². The molecule has 19 heavy (non-hydrogen) atoms. The maximum Gasteiger partial charge on any atom is 0.175 e. The number of hydrogen-bond acceptors (Lipinski definition) is 4. The summed E-state index contributed by atoms with van der Waals surface area (Å²) in [7, 11) is 0. The molecule has 1 atom stereocenters. The van der Waals surface area contributed by atoms with Crippen LogP contribution in [0.1, 0.15) is 34.1 Å². The van der Waals surface area contributed by atoms with Gasteiger partial charge in [-0.25, -0.2) is 4.98 Å². The van der Waals surface area contributed by atoms with Gasteiger partial charge in [0.1, 0.15) is 0 Å². The van der Waals surface area contributed by atoms with Crippen LogP contribution in [0.15, 0.2) is 27.9 Å². The van der Waals surface area contributed by atoms with Crippen LogP contribution in [0.3, 0.4) is 0 Å². The summed E-state index contributed by atoms with van der Waals surface area (Å²) < 4.78 is 0.960. The summed E-state index contributed by atoms with van der Waals surface area (Å²) in [6, 6.07) is 5.89. The van der Waals surface area contributed by atoms with Gasteiger partial charge >= 0.3 is 0 Å². The number of hydrogen-bond donors (Lipinski definition) is 0. The molecule has 2 rings (SSSR count). The van der Waals surface area contributed by atoms with Crippen molar-refractivity contribution in [2.24, 2.45) is 0 Å². The predicted octanol–water partition coefficient (Wildman–Crippen LogP) is 4.43. The Bertz CT molecular complexity index is 604. The summed E-state index contributed by atoms with van der Waals surface area (Å²) in [6.07, 6.45) is 0. The molecule has 2 aromatic rings. The van der Waals surface area contributed by atoms with Gasteiger partial charge in [0.15, 0.2) is 10.1 Å². The number of aryl methyl sites for hydroxylation is 3. The Kier molecular flexibility index (Phi) is 4.42. The van der Waals surface area contributed by atoms with Crippen LogP contribution in [-0.4, -0.2) is 16.0 Å². The van der Waals surface area contributed by atoms with Gasteiger partial charge in [0.05, 0.1) is 5.25 Å². The van der Waals surface area contributed by atoms with Gasteiger partial charge in [-0.05, 0) is 44.9 Å².